The molecule has 0 atom stereocenters. The summed E-state index contributed by atoms with van der Waals surface area (Å²) in [5.41, 5.74) is 1.01. The van der Waals surface area contributed by atoms with Crippen LogP contribution in [0.3, 0.4) is 0 Å². The number of para-hydroxylation sites is 1. The molecule has 0 spiro atoms. The number of rotatable bonds is 5. The van der Waals surface area contributed by atoms with Gasteiger partial charge in [0.15, 0.2) is 0 Å². The summed E-state index contributed by atoms with van der Waals surface area (Å²) in [5.74, 6) is 0.382. The van der Waals surface area contributed by atoms with E-state index in [1.807, 2.05) is 16.7 Å². The number of imidazole rings is 1. The fraction of sp³-hybridized carbons (Fsp3) is 0.381. The summed E-state index contributed by atoms with van der Waals surface area (Å²) in [6.07, 6.45) is 5.07. The third-order valence-corrected chi connectivity index (χ3v) is 5.59. The first-order valence-electron chi connectivity index (χ1n) is 9.97. The number of amides is 2. The van der Waals surface area contributed by atoms with Crippen molar-refractivity contribution in [1.29, 1.82) is 0 Å². The van der Waals surface area contributed by atoms with Crippen LogP contribution in [0, 0.1) is 0 Å². The van der Waals surface area contributed by atoms with Crippen LogP contribution >= 0.6 is 11.6 Å². The van der Waals surface area contributed by atoms with Crippen LogP contribution in [0.5, 0.6) is 0 Å². The van der Waals surface area contributed by atoms with Gasteiger partial charge in [-0.25, -0.2) is 4.98 Å². The molecule has 0 bridgehead atoms. The number of hydrogen-bond acceptors (Lipinski definition) is 5. The maximum Gasteiger partial charge on any atom is 0.273 e. The fourth-order valence-electron chi connectivity index (χ4n) is 3.57. The second-order valence-corrected chi connectivity index (χ2v) is 7.63. The smallest absolute Gasteiger partial charge is 0.273 e. The molecule has 0 saturated carbocycles. The molecule has 2 aromatic rings. The van der Waals surface area contributed by atoms with Crippen molar-refractivity contribution >= 4 is 29.1 Å². The number of benzene rings is 1. The maximum absolute atomic E-state index is 12.7. The van der Waals surface area contributed by atoms with E-state index in [4.69, 9.17) is 16.3 Å². The van der Waals surface area contributed by atoms with Crippen LogP contribution in [0.2, 0.25) is 5.02 Å². The van der Waals surface area contributed by atoms with Gasteiger partial charge in [-0.2, -0.15) is 0 Å². The van der Waals surface area contributed by atoms with Gasteiger partial charge in [-0.3, -0.25) is 14.5 Å². The first-order valence-corrected chi connectivity index (χ1v) is 10.4. The van der Waals surface area contributed by atoms with E-state index in [9.17, 15) is 9.59 Å². The molecule has 0 radical (unpaired) electrons. The lowest BCUT2D eigenvalue weighted by molar-refractivity contribution is -0.127. The second-order valence-electron chi connectivity index (χ2n) is 7.22. The Kier molecular flexibility index (Phi) is 6.47. The van der Waals surface area contributed by atoms with Crippen LogP contribution in [-0.4, -0.2) is 70.6 Å². The second kappa shape index (κ2) is 9.42. The van der Waals surface area contributed by atoms with Gasteiger partial charge < -0.3 is 19.5 Å². The minimum absolute atomic E-state index is 0.0421. The monoisotopic (exact) mass is 429 g/mol. The Morgan fingerprint density at radius 2 is 1.97 bits per heavy atom. The molecule has 2 aliphatic rings. The number of nitrogens with zero attached hydrogens (tertiary/aromatic N) is 4. The SMILES string of the molecule is O=C(Nc1ccccc1Cl)c1cnc2n1CCN(C(=O)/C=C/CN1CCOCC1)C2. The van der Waals surface area contributed by atoms with E-state index in [2.05, 4.69) is 15.2 Å². The van der Waals surface area contributed by atoms with Crippen molar-refractivity contribution in [3.05, 3.63) is 59.2 Å². The molecule has 1 aromatic carbocycles. The molecule has 0 unspecified atom stereocenters. The Balaban J connectivity index is 1.35. The lowest BCUT2D eigenvalue weighted by atomic mass is 10.3. The lowest BCUT2D eigenvalue weighted by Crippen LogP contribution is -2.39. The average Bonchev–Trinajstić information content (AvgIpc) is 3.19. The van der Waals surface area contributed by atoms with Crippen LogP contribution in [0.4, 0.5) is 5.69 Å². The van der Waals surface area contributed by atoms with Crippen molar-refractivity contribution in [3.63, 3.8) is 0 Å². The van der Waals surface area contributed by atoms with Gasteiger partial charge in [0.2, 0.25) is 5.91 Å². The van der Waals surface area contributed by atoms with Gasteiger partial charge in [0.25, 0.3) is 5.91 Å². The molecule has 30 heavy (non-hydrogen) atoms. The Bertz CT molecular complexity index is 952. The van der Waals surface area contributed by atoms with Gasteiger partial charge in [0, 0.05) is 38.8 Å². The number of halogens is 1. The first-order chi connectivity index (χ1) is 14.6. The summed E-state index contributed by atoms with van der Waals surface area (Å²) < 4.78 is 7.18. The number of morpholine rings is 1. The number of fused-ring (bicyclic) bond motifs is 1. The van der Waals surface area contributed by atoms with Crippen molar-refractivity contribution in [3.8, 4) is 0 Å². The van der Waals surface area contributed by atoms with Crippen molar-refractivity contribution in [2.24, 2.45) is 0 Å². The number of ether oxygens (including phenoxy) is 1. The van der Waals surface area contributed by atoms with E-state index in [-0.39, 0.29) is 11.8 Å². The number of hydrogen-bond donors (Lipinski definition) is 1. The summed E-state index contributed by atoms with van der Waals surface area (Å²) in [7, 11) is 0. The molecule has 1 fully saturated rings. The number of nitrogens with one attached hydrogen (secondary N) is 1. The largest absolute Gasteiger partial charge is 0.379 e. The predicted octanol–water partition coefficient (Wildman–Crippen LogP) is 2.02. The summed E-state index contributed by atoms with van der Waals surface area (Å²) in [6, 6.07) is 7.08. The zero-order chi connectivity index (χ0) is 20.9. The molecule has 4 rings (SSSR count). The molecular formula is C21H24ClN5O3. The standard InChI is InChI=1S/C21H24ClN5O3/c22-16-4-1-2-5-17(16)24-21(29)18-14-23-19-15-26(8-9-27(18)19)20(28)6-3-7-25-10-12-30-13-11-25/h1-6,14H,7-13,15H2,(H,24,29)/b6-3+. The molecule has 0 aliphatic carbocycles. The van der Waals surface area contributed by atoms with Crippen molar-refractivity contribution in [2.45, 2.75) is 13.1 Å². The van der Waals surface area contributed by atoms with Gasteiger partial charge in [0.05, 0.1) is 36.7 Å². The molecule has 3 heterocycles. The molecule has 9 heteroatoms. The third kappa shape index (κ3) is 4.72. The van der Waals surface area contributed by atoms with Gasteiger partial charge >= 0.3 is 0 Å². The fourth-order valence-corrected chi connectivity index (χ4v) is 3.75. The minimum Gasteiger partial charge on any atom is -0.379 e. The van der Waals surface area contributed by atoms with Crippen LogP contribution in [0.25, 0.3) is 0 Å². The quantitative estimate of drug-likeness (QED) is 0.735. The summed E-state index contributed by atoms with van der Waals surface area (Å²) in [4.78, 5) is 33.6. The minimum atomic E-state index is -0.271. The van der Waals surface area contributed by atoms with E-state index < -0.39 is 0 Å². The van der Waals surface area contributed by atoms with E-state index in [0.717, 1.165) is 32.8 Å². The molecule has 1 aromatic heterocycles. The normalized spacial score (nSPS) is 17.2. The number of anilines is 1. The van der Waals surface area contributed by atoms with Gasteiger partial charge in [-0.05, 0) is 12.1 Å². The molecule has 2 amide bonds. The molecule has 8 nitrogen and oxygen atoms in total. The van der Waals surface area contributed by atoms with Crippen LogP contribution in [0.15, 0.2) is 42.6 Å². The topological polar surface area (TPSA) is 79.7 Å². The van der Waals surface area contributed by atoms with E-state index in [1.165, 1.54) is 0 Å². The van der Waals surface area contributed by atoms with Crippen molar-refractivity contribution in [1.82, 2.24) is 19.4 Å². The molecule has 1 N–H and O–H groups in total. The Morgan fingerprint density at radius 3 is 2.77 bits per heavy atom. The zero-order valence-electron chi connectivity index (χ0n) is 16.6. The third-order valence-electron chi connectivity index (χ3n) is 5.26. The van der Waals surface area contributed by atoms with Crippen molar-refractivity contribution in [2.75, 3.05) is 44.7 Å². The molecule has 1 saturated heterocycles. The molecular weight excluding hydrogens is 406 g/mol. The summed E-state index contributed by atoms with van der Waals surface area (Å²) in [6.45, 7) is 5.41. The van der Waals surface area contributed by atoms with E-state index in [1.54, 1.807) is 35.4 Å². The highest BCUT2D eigenvalue weighted by molar-refractivity contribution is 6.33. The first kappa shape index (κ1) is 20.6. The maximum atomic E-state index is 12.7. The highest BCUT2D eigenvalue weighted by atomic mass is 35.5. The number of aromatic nitrogens is 2. The van der Waals surface area contributed by atoms with E-state index >= 15 is 0 Å². The van der Waals surface area contributed by atoms with Crippen LogP contribution in [0.1, 0.15) is 16.3 Å². The summed E-state index contributed by atoms with van der Waals surface area (Å²) in [5, 5.41) is 3.30. The van der Waals surface area contributed by atoms with Crippen molar-refractivity contribution < 1.29 is 14.3 Å². The van der Waals surface area contributed by atoms with Gasteiger partial charge in [-0.1, -0.05) is 29.8 Å². The van der Waals surface area contributed by atoms with Gasteiger partial charge in [0.1, 0.15) is 11.5 Å². The summed E-state index contributed by atoms with van der Waals surface area (Å²) >= 11 is 6.12. The highest BCUT2D eigenvalue weighted by Crippen LogP contribution is 2.22. The number of carbonyl (C=O) groups excluding carboxylic acids is 2. The number of carbonyl (C=O) groups is 2. The molecule has 2 aliphatic heterocycles. The Hall–Kier alpha value is -2.68. The van der Waals surface area contributed by atoms with Crippen LogP contribution in [-0.2, 0) is 22.6 Å². The molecule has 158 valence electrons. The highest BCUT2D eigenvalue weighted by Gasteiger charge is 2.25. The average molecular weight is 430 g/mol. The van der Waals surface area contributed by atoms with Crippen LogP contribution < -0.4 is 5.32 Å². The predicted molar refractivity (Wildman–Crippen MR) is 113 cm³/mol. The Labute approximate surface area is 180 Å². The Morgan fingerprint density at radius 1 is 1.17 bits per heavy atom. The van der Waals surface area contributed by atoms with Gasteiger partial charge in [-0.15, -0.1) is 0 Å². The zero-order valence-corrected chi connectivity index (χ0v) is 17.3. The lowest BCUT2D eigenvalue weighted by Gasteiger charge is -2.28. The van der Waals surface area contributed by atoms with E-state index in [0.29, 0.717) is 41.9 Å².